The summed E-state index contributed by atoms with van der Waals surface area (Å²) in [4.78, 5) is 8.92. The van der Waals surface area contributed by atoms with Crippen LogP contribution in [0.15, 0.2) is 42.5 Å². The minimum absolute atomic E-state index is 0.422. The molecule has 0 fully saturated rings. The predicted molar refractivity (Wildman–Crippen MR) is 79.7 cm³/mol. The van der Waals surface area contributed by atoms with Crippen molar-refractivity contribution < 1.29 is 0 Å². The van der Waals surface area contributed by atoms with E-state index in [2.05, 4.69) is 9.97 Å². The Bertz CT molecular complexity index is 769. The van der Waals surface area contributed by atoms with Gasteiger partial charge in [-0.1, -0.05) is 47.5 Å². The van der Waals surface area contributed by atoms with E-state index in [1.807, 2.05) is 37.3 Å². The second kappa shape index (κ2) is 4.80. The van der Waals surface area contributed by atoms with Crippen molar-refractivity contribution in [2.45, 2.75) is 6.92 Å². The fraction of sp³-hybridized carbons (Fsp3) is 0.0667. The molecule has 0 amide bonds. The average Bonchev–Trinajstić information content (AvgIpc) is 2.40. The summed E-state index contributed by atoms with van der Waals surface area (Å²) in [6, 6.07) is 13.4. The van der Waals surface area contributed by atoms with Crippen LogP contribution in [0.3, 0.4) is 0 Å². The minimum atomic E-state index is 0.422. The normalized spacial score (nSPS) is 10.9. The molecule has 2 aromatic carbocycles. The number of aryl methyl sites for hydroxylation is 1. The van der Waals surface area contributed by atoms with Crippen molar-refractivity contribution in [3.63, 3.8) is 0 Å². The fourth-order valence-corrected chi connectivity index (χ4v) is 2.41. The van der Waals surface area contributed by atoms with E-state index in [4.69, 9.17) is 23.2 Å². The second-order valence-corrected chi connectivity index (χ2v) is 5.11. The van der Waals surface area contributed by atoms with Crippen LogP contribution in [0.5, 0.6) is 0 Å². The quantitative estimate of drug-likeness (QED) is 0.595. The van der Waals surface area contributed by atoms with Gasteiger partial charge in [-0.05, 0) is 30.7 Å². The zero-order valence-corrected chi connectivity index (χ0v) is 11.7. The molecule has 19 heavy (non-hydrogen) atoms. The highest BCUT2D eigenvalue weighted by Gasteiger charge is 2.09. The van der Waals surface area contributed by atoms with Gasteiger partial charge in [0.1, 0.15) is 5.15 Å². The third-order valence-corrected chi connectivity index (χ3v) is 3.52. The van der Waals surface area contributed by atoms with E-state index in [1.54, 1.807) is 12.1 Å². The third kappa shape index (κ3) is 2.29. The summed E-state index contributed by atoms with van der Waals surface area (Å²) in [6.45, 7) is 2.03. The molecule has 0 saturated carbocycles. The number of rotatable bonds is 1. The molecule has 1 aromatic heterocycles. The number of fused-ring (bicyclic) bond motifs is 1. The van der Waals surface area contributed by atoms with Gasteiger partial charge >= 0.3 is 0 Å². The Hall–Kier alpha value is -1.64. The molecule has 0 aliphatic rings. The van der Waals surface area contributed by atoms with E-state index in [9.17, 15) is 0 Å². The van der Waals surface area contributed by atoms with E-state index in [0.717, 1.165) is 22.0 Å². The summed E-state index contributed by atoms with van der Waals surface area (Å²) in [6.07, 6.45) is 0. The van der Waals surface area contributed by atoms with Crippen molar-refractivity contribution in [1.29, 1.82) is 0 Å². The monoisotopic (exact) mass is 288 g/mol. The van der Waals surface area contributed by atoms with Gasteiger partial charge in [-0.15, -0.1) is 0 Å². The molecule has 0 spiro atoms. The van der Waals surface area contributed by atoms with Gasteiger partial charge in [-0.3, -0.25) is 0 Å². The Labute approximate surface area is 121 Å². The molecule has 0 aliphatic carbocycles. The lowest BCUT2D eigenvalue weighted by atomic mass is 10.1. The van der Waals surface area contributed by atoms with Crippen LogP contribution in [0.1, 0.15) is 5.56 Å². The van der Waals surface area contributed by atoms with E-state index in [-0.39, 0.29) is 0 Å². The van der Waals surface area contributed by atoms with Gasteiger partial charge in [-0.25, -0.2) is 9.97 Å². The molecule has 2 nitrogen and oxygen atoms in total. The van der Waals surface area contributed by atoms with Gasteiger partial charge in [-0.2, -0.15) is 0 Å². The van der Waals surface area contributed by atoms with Gasteiger partial charge in [0.2, 0.25) is 0 Å². The van der Waals surface area contributed by atoms with Crippen LogP contribution in [-0.2, 0) is 0 Å². The van der Waals surface area contributed by atoms with Gasteiger partial charge in [0.15, 0.2) is 5.82 Å². The van der Waals surface area contributed by atoms with Crippen LogP contribution >= 0.6 is 23.2 Å². The lowest BCUT2D eigenvalue weighted by molar-refractivity contribution is 1.21. The summed E-state index contributed by atoms with van der Waals surface area (Å²) in [7, 11) is 0. The van der Waals surface area contributed by atoms with Crippen LogP contribution in [0, 0.1) is 6.92 Å². The first kappa shape index (κ1) is 12.4. The Morgan fingerprint density at radius 1 is 0.947 bits per heavy atom. The molecule has 3 rings (SSSR count). The molecule has 0 unspecified atom stereocenters. The van der Waals surface area contributed by atoms with Crippen molar-refractivity contribution in [1.82, 2.24) is 9.97 Å². The number of benzene rings is 2. The zero-order valence-electron chi connectivity index (χ0n) is 10.2. The van der Waals surface area contributed by atoms with E-state index >= 15 is 0 Å². The smallest absolute Gasteiger partial charge is 0.161 e. The van der Waals surface area contributed by atoms with Crippen molar-refractivity contribution in [2.24, 2.45) is 0 Å². The lowest BCUT2D eigenvalue weighted by Crippen LogP contribution is -1.93. The molecule has 0 bridgehead atoms. The maximum atomic E-state index is 6.23. The number of nitrogens with zero attached hydrogens (tertiary/aromatic N) is 2. The van der Waals surface area contributed by atoms with E-state index in [0.29, 0.717) is 16.0 Å². The van der Waals surface area contributed by atoms with Crippen LogP contribution in [-0.4, -0.2) is 9.97 Å². The molecule has 0 saturated heterocycles. The van der Waals surface area contributed by atoms with Crippen molar-refractivity contribution in [3.8, 4) is 11.4 Å². The number of halogens is 2. The maximum Gasteiger partial charge on any atom is 0.161 e. The Kier molecular flexibility index (Phi) is 3.13. The minimum Gasteiger partial charge on any atom is -0.228 e. The molecular weight excluding hydrogens is 279 g/mol. The Balaban J connectivity index is 2.27. The van der Waals surface area contributed by atoms with E-state index < -0.39 is 0 Å². The fourth-order valence-electron chi connectivity index (χ4n) is 2.01. The molecule has 4 heteroatoms. The Morgan fingerprint density at radius 3 is 2.53 bits per heavy atom. The van der Waals surface area contributed by atoms with Gasteiger partial charge in [0.25, 0.3) is 0 Å². The highest BCUT2D eigenvalue weighted by atomic mass is 35.5. The first-order valence-corrected chi connectivity index (χ1v) is 6.59. The van der Waals surface area contributed by atoms with Crippen molar-refractivity contribution in [2.75, 3.05) is 0 Å². The standard InChI is InChI=1S/C15H10Cl2N2/c1-9-4-2-3-5-11(9)15-18-13-7-6-10(16)8-12(13)14(17)19-15/h2-8H,1H3. The Morgan fingerprint density at radius 2 is 1.74 bits per heavy atom. The summed E-state index contributed by atoms with van der Waals surface area (Å²) >= 11 is 12.2. The third-order valence-electron chi connectivity index (χ3n) is 3.00. The zero-order chi connectivity index (χ0) is 13.4. The molecule has 0 N–H and O–H groups in total. The molecule has 0 atom stereocenters. The summed E-state index contributed by atoms with van der Waals surface area (Å²) in [5.41, 5.74) is 2.90. The maximum absolute atomic E-state index is 6.23. The highest BCUT2D eigenvalue weighted by Crippen LogP contribution is 2.28. The highest BCUT2D eigenvalue weighted by molar-refractivity contribution is 6.35. The largest absolute Gasteiger partial charge is 0.228 e. The molecule has 3 aromatic rings. The lowest BCUT2D eigenvalue weighted by Gasteiger charge is -2.07. The van der Waals surface area contributed by atoms with Crippen LogP contribution in [0.2, 0.25) is 10.2 Å². The van der Waals surface area contributed by atoms with Crippen LogP contribution < -0.4 is 0 Å². The average molecular weight is 289 g/mol. The number of aromatic nitrogens is 2. The molecule has 0 radical (unpaired) electrons. The number of hydrogen-bond acceptors (Lipinski definition) is 2. The summed E-state index contributed by atoms with van der Waals surface area (Å²) in [5, 5.41) is 1.82. The van der Waals surface area contributed by atoms with Gasteiger partial charge < -0.3 is 0 Å². The molecule has 94 valence electrons. The molecule has 1 heterocycles. The van der Waals surface area contributed by atoms with Crippen LogP contribution in [0.4, 0.5) is 0 Å². The first-order valence-electron chi connectivity index (χ1n) is 5.84. The first-order chi connectivity index (χ1) is 9.15. The van der Waals surface area contributed by atoms with Crippen LogP contribution in [0.25, 0.3) is 22.3 Å². The predicted octanol–water partition coefficient (Wildman–Crippen LogP) is 4.91. The van der Waals surface area contributed by atoms with E-state index in [1.165, 1.54) is 0 Å². The SMILES string of the molecule is Cc1ccccc1-c1nc(Cl)c2cc(Cl)ccc2n1. The molecule has 0 aliphatic heterocycles. The second-order valence-electron chi connectivity index (χ2n) is 4.31. The number of hydrogen-bond donors (Lipinski definition) is 0. The van der Waals surface area contributed by atoms with Crippen molar-refractivity contribution >= 4 is 34.1 Å². The van der Waals surface area contributed by atoms with Gasteiger partial charge in [0, 0.05) is 16.0 Å². The topological polar surface area (TPSA) is 25.8 Å². The summed E-state index contributed by atoms with van der Waals surface area (Å²) in [5.74, 6) is 0.637. The van der Waals surface area contributed by atoms with Crippen molar-refractivity contribution in [3.05, 3.63) is 58.2 Å². The summed E-state index contributed by atoms with van der Waals surface area (Å²) < 4.78 is 0. The van der Waals surface area contributed by atoms with Gasteiger partial charge in [0.05, 0.1) is 5.52 Å². The molecular formula is C15H10Cl2N2.